The molecule has 0 saturated heterocycles. The van der Waals surface area contributed by atoms with Crippen molar-refractivity contribution in [2.24, 2.45) is 0 Å². The van der Waals surface area contributed by atoms with E-state index < -0.39 is 16.7 Å². The molecule has 1 aliphatic rings. The number of aliphatic hydroxyl groups is 1. The lowest BCUT2D eigenvalue weighted by atomic mass is 9.49. The van der Waals surface area contributed by atoms with Crippen molar-refractivity contribution in [1.29, 1.82) is 5.26 Å². The molecule has 1 atom stereocenters. The van der Waals surface area contributed by atoms with Gasteiger partial charge >= 0.3 is 0 Å². The first-order chi connectivity index (χ1) is 18.5. The molecule has 1 aliphatic carbocycles. The molecule has 1 aromatic heterocycles. The van der Waals surface area contributed by atoms with Gasteiger partial charge in [0.25, 0.3) is 5.89 Å². The van der Waals surface area contributed by atoms with E-state index in [-0.39, 0.29) is 91.6 Å². The first kappa shape index (κ1) is 30.4. The number of nitrogens with one attached hydrogen (secondary N) is 1. The molecule has 1 heterocycles. The van der Waals surface area contributed by atoms with Crippen LogP contribution in [0.5, 0.6) is 5.75 Å². The van der Waals surface area contributed by atoms with E-state index in [9.17, 15) is 10.4 Å². The lowest BCUT2D eigenvalue weighted by Crippen LogP contribution is -2.46. The van der Waals surface area contributed by atoms with Crippen molar-refractivity contribution in [2.75, 3.05) is 6.54 Å². The molecule has 174 valence electrons. The fourth-order valence-electron chi connectivity index (χ4n) is 4.82. The summed E-state index contributed by atoms with van der Waals surface area (Å²) in [6.07, 6.45) is -0.215. The number of rotatable bonds is 7. The SMILES string of the molecule is [B]c1c([B])c(-c2noc(-c3c([B])c([B])c(OC(C)C)c(C#N)c3[B])n2)c2c(c1[B])[C@@H](NCC([B])([B])O)CC2([B])[B]. The average molecular weight is 503 g/mol. The van der Waals surface area contributed by atoms with Crippen LogP contribution in [0.25, 0.3) is 22.8 Å². The maximum absolute atomic E-state index is 9.79. The van der Waals surface area contributed by atoms with Crippen molar-refractivity contribution in [3.63, 3.8) is 0 Å². The summed E-state index contributed by atoms with van der Waals surface area (Å²) in [5, 5.41) is 23.1. The Balaban J connectivity index is 1.91. The highest BCUT2D eigenvalue weighted by atomic mass is 16.5. The number of hydrogen-bond donors (Lipinski definition) is 2. The molecule has 17 heteroatoms. The largest absolute Gasteiger partial charge is 0.490 e. The van der Waals surface area contributed by atoms with Crippen molar-refractivity contribution in [3.8, 4) is 34.7 Å². The van der Waals surface area contributed by atoms with Gasteiger partial charge in [-0.15, -0.1) is 5.46 Å². The summed E-state index contributed by atoms with van der Waals surface area (Å²) >= 11 is 0. The van der Waals surface area contributed by atoms with E-state index in [0.717, 1.165) is 0 Å². The molecule has 0 spiro atoms. The van der Waals surface area contributed by atoms with Crippen LogP contribution >= 0.6 is 0 Å². The summed E-state index contributed by atoms with van der Waals surface area (Å²) in [6.45, 7) is 3.29. The predicted octanol–water partition coefficient (Wildman–Crippen LogP) is -5.67. The molecule has 40 heavy (non-hydrogen) atoms. The highest BCUT2D eigenvalue weighted by Gasteiger charge is 2.41. The Labute approximate surface area is 246 Å². The van der Waals surface area contributed by atoms with Gasteiger partial charge in [0.05, 0.1) is 27.4 Å². The molecule has 0 amide bonds. The zero-order chi connectivity index (χ0) is 29.9. The number of fused-ring (bicyclic) bond motifs is 1. The van der Waals surface area contributed by atoms with E-state index in [1.54, 1.807) is 13.8 Å². The quantitative estimate of drug-likeness (QED) is 0.311. The maximum atomic E-state index is 9.79. The first-order valence-electron chi connectivity index (χ1n) is 12.0. The lowest BCUT2D eigenvalue weighted by molar-refractivity contribution is 0.203. The van der Waals surface area contributed by atoms with Gasteiger partial charge in [-0.05, 0) is 36.8 Å². The Morgan fingerprint density at radius 1 is 1.05 bits per heavy atom. The van der Waals surface area contributed by atoms with Crippen molar-refractivity contribution in [3.05, 3.63) is 16.7 Å². The van der Waals surface area contributed by atoms with Gasteiger partial charge in [-0.1, -0.05) is 37.7 Å². The zero-order valence-electron chi connectivity index (χ0n) is 21.9. The third kappa shape index (κ3) is 5.25. The second-order valence-electron chi connectivity index (χ2n) is 10.1. The van der Waals surface area contributed by atoms with Gasteiger partial charge in [0.15, 0.2) is 0 Å². The van der Waals surface area contributed by atoms with Crippen molar-refractivity contribution in [1.82, 2.24) is 15.5 Å². The van der Waals surface area contributed by atoms with E-state index in [1.165, 1.54) is 0 Å². The van der Waals surface area contributed by atoms with Gasteiger partial charge in [0, 0.05) is 23.7 Å². The molecule has 3 aromatic rings. The van der Waals surface area contributed by atoms with Crippen LogP contribution in [0.4, 0.5) is 0 Å². The van der Waals surface area contributed by atoms with Crippen LogP contribution in [-0.4, -0.2) is 112 Å². The standard InChI is InChI=1S/C23H14B10N4O3/c1-6(2)39-19-7(4-34)13(24)11(16(27)18(19)29)21-36-20(37-40-21)10-12-9(14(25)17(28)15(10)26)8(3-22(12,30)31)35-5-23(32,33)38/h6,8,35,38H,3,5H2,1-2H3/t8-/m0/s1. The maximum Gasteiger partial charge on any atom is 0.257 e. The lowest BCUT2D eigenvalue weighted by Gasteiger charge is -2.26. The van der Waals surface area contributed by atoms with E-state index in [0.29, 0.717) is 5.56 Å². The molecule has 2 N–H and O–H groups in total. The molecule has 0 aliphatic heterocycles. The topological polar surface area (TPSA) is 104 Å². The van der Waals surface area contributed by atoms with Crippen LogP contribution in [0, 0.1) is 11.3 Å². The second kappa shape index (κ2) is 10.7. The van der Waals surface area contributed by atoms with Crippen LogP contribution in [0.3, 0.4) is 0 Å². The van der Waals surface area contributed by atoms with E-state index in [4.69, 9.17) is 87.7 Å². The number of ether oxygens (including phenoxy) is 1. The molecule has 0 saturated carbocycles. The minimum atomic E-state index is -2.02. The Morgan fingerprint density at radius 2 is 1.68 bits per heavy atom. The van der Waals surface area contributed by atoms with E-state index >= 15 is 0 Å². The van der Waals surface area contributed by atoms with E-state index in [2.05, 4.69) is 15.5 Å². The fraction of sp³-hybridized carbons (Fsp3) is 0.348. The molecule has 0 bridgehead atoms. The summed E-state index contributed by atoms with van der Waals surface area (Å²) in [5.74, 6) is -0.193. The number of nitrogens with zero attached hydrogens (tertiary/aromatic N) is 3. The Hall–Kier alpha value is -2.56. The number of nitriles is 1. The van der Waals surface area contributed by atoms with Crippen LogP contribution in [0.15, 0.2) is 4.52 Å². The molecule has 7 nitrogen and oxygen atoms in total. The molecule has 2 aromatic carbocycles. The minimum Gasteiger partial charge on any atom is -0.490 e. The minimum absolute atomic E-state index is 0.00228. The van der Waals surface area contributed by atoms with Gasteiger partial charge in [0.2, 0.25) is 5.82 Å². The van der Waals surface area contributed by atoms with Gasteiger partial charge < -0.3 is 19.7 Å². The number of aromatic nitrogens is 2. The Bertz CT molecular complexity index is 1550. The third-order valence-corrected chi connectivity index (χ3v) is 6.55. The highest BCUT2D eigenvalue weighted by molar-refractivity contribution is 6.60. The molecular formula is C23H14B10N4O3. The smallest absolute Gasteiger partial charge is 0.257 e. The zero-order valence-corrected chi connectivity index (χ0v) is 21.9. The van der Waals surface area contributed by atoms with Crippen molar-refractivity contribution in [2.45, 2.75) is 43.0 Å². The molecule has 0 fully saturated rings. The predicted molar refractivity (Wildman–Crippen MR) is 163 cm³/mol. The monoisotopic (exact) mass is 504 g/mol. The summed E-state index contributed by atoms with van der Waals surface area (Å²) < 4.78 is 11.2. The van der Waals surface area contributed by atoms with Gasteiger partial charge in [-0.2, -0.15) is 10.2 Å². The number of hydrogen-bond acceptors (Lipinski definition) is 7. The van der Waals surface area contributed by atoms with Crippen LogP contribution in [0.1, 0.15) is 43.0 Å². The van der Waals surface area contributed by atoms with E-state index in [1.807, 2.05) is 6.07 Å². The molecular weight excluding hydrogens is 488 g/mol. The normalized spacial score (nSPS) is 16.1. The van der Waals surface area contributed by atoms with Gasteiger partial charge in [-0.25, -0.2) is 0 Å². The second-order valence-corrected chi connectivity index (χ2v) is 10.1. The summed E-state index contributed by atoms with van der Waals surface area (Å²) in [5.41, 5.74) is 0.826. The average Bonchev–Trinajstić information content (AvgIpc) is 3.42. The third-order valence-electron chi connectivity index (χ3n) is 6.55. The van der Waals surface area contributed by atoms with Crippen molar-refractivity contribution < 1.29 is 14.4 Å². The summed E-state index contributed by atoms with van der Waals surface area (Å²) in [6, 6.07) is 1.36. The Morgan fingerprint density at radius 3 is 2.25 bits per heavy atom. The molecule has 0 unspecified atom stereocenters. The summed E-state index contributed by atoms with van der Waals surface area (Å²) in [7, 11) is 61.7. The Kier molecular flexibility index (Phi) is 8.12. The fourth-order valence-corrected chi connectivity index (χ4v) is 4.82. The van der Waals surface area contributed by atoms with Crippen LogP contribution in [0.2, 0.25) is 0 Å². The van der Waals surface area contributed by atoms with Gasteiger partial charge in [0.1, 0.15) is 74.6 Å². The van der Waals surface area contributed by atoms with Crippen molar-refractivity contribution >= 4 is 111 Å². The van der Waals surface area contributed by atoms with Crippen LogP contribution in [-0.2, 0) is 5.21 Å². The first-order valence-corrected chi connectivity index (χ1v) is 12.0. The highest BCUT2D eigenvalue weighted by Crippen LogP contribution is 2.44. The van der Waals surface area contributed by atoms with Gasteiger partial charge in [-0.3, -0.25) is 0 Å². The van der Waals surface area contributed by atoms with Crippen LogP contribution < -0.4 is 42.8 Å². The summed E-state index contributed by atoms with van der Waals surface area (Å²) in [4.78, 5) is 4.43. The molecule has 4 rings (SSSR count). The molecule has 20 radical (unpaired) electrons. The number of benzene rings is 2.